The summed E-state index contributed by atoms with van der Waals surface area (Å²) in [6.07, 6.45) is 4.62. The number of pyridine rings is 2. The van der Waals surface area contributed by atoms with Crippen molar-refractivity contribution >= 4 is 11.6 Å². The summed E-state index contributed by atoms with van der Waals surface area (Å²) in [4.78, 5) is 47.0. The lowest BCUT2D eigenvalue weighted by atomic mass is 10.1. The van der Waals surface area contributed by atoms with Crippen LogP contribution in [-0.2, 0) is 18.3 Å². The van der Waals surface area contributed by atoms with Gasteiger partial charge in [-0.3, -0.25) is 19.4 Å². The minimum Gasteiger partial charge on any atom is -0.324 e. The van der Waals surface area contributed by atoms with Crippen molar-refractivity contribution in [1.82, 2.24) is 19.5 Å². The summed E-state index contributed by atoms with van der Waals surface area (Å²) >= 11 is 0. The van der Waals surface area contributed by atoms with E-state index in [9.17, 15) is 14.4 Å². The molecule has 0 aliphatic rings. The Labute approximate surface area is 148 Å². The van der Waals surface area contributed by atoms with Crippen LogP contribution in [0.4, 0.5) is 5.69 Å². The van der Waals surface area contributed by atoms with Crippen molar-refractivity contribution in [3.8, 4) is 11.4 Å². The summed E-state index contributed by atoms with van der Waals surface area (Å²) in [6, 6.07) is 6.36. The fourth-order valence-corrected chi connectivity index (χ4v) is 2.50. The molecular formula is C18H17N5O3. The maximum absolute atomic E-state index is 12.4. The molecule has 0 atom stereocenters. The Kier molecular flexibility index (Phi) is 4.74. The summed E-state index contributed by atoms with van der Waals surface area (Å²) < 4.78 is 1.36. The second-order valence-corrected chi connectivity index (χ2v) is 5.81. The zero-order valence-electron chi connectivity index (χ0n) is 14.3. The van der Waals surface area contributed by atoms with E-state index in [4.69, 9.17) is 0 Å². The number of rotatable bonds is 4. The van der Waals surface area contributed by atoms with Crippen molar-refractivity contribution in [1.29, 1.82) is 0 Å². The number of H-pyrrole nitrogens is 1. The molecule has 0 aliphatic heterocycles. The quantitative estimate of drug-likeness (QED) is 0.729. The minimum atomic E-state index is -0.365. The zero-order chi connectivity index (χ0) is 18.7. The van der Waals surface area contributed by atoms with Crippen molar-refractivity contribution in [2.75, 3.05) is 5.32 Å². The van der Waals surface area contributed by atoms with Crippen molar-refractivity contribution in [3.05, 3.63) is 74.8 Å². The summed E-state index contributed by atoms with van der Waals surface area (Å²) in [5.41, 5.74) is 1.46. The largest absolute Gasteiger partial charge is 0.324 e. The van der Waals surface area contributed by atoms with Crippen molar-refractivity contribution < 1.29 is 4.79 Å². The van der Waals surface area contributed by atoms with Crippen LogP contribution in [0.1, 0.15) is 11.3 Å². The number of anilines is 1. The van der Waals surface area contributed by atoms with Gasteiger partial charge in [0.05, 0.1) is 12.1 Å². The topological polar surface area (TPSA) is 110 Å². The third-order valence-electron chi connectivity index (χ3n) is 3.88. The number of nitrogens with one attached hydrogen (secondary N) is 2. The van der Waals surface area contributed by atoms with Crippen molar-refractivity contribution in [3.63, 3.8) is 0 Å². The summed E-state index contributed by atoms with van der Waals surface area (Å²) in [5, 5.41) is 2.67. The van der Waals surface area contributed by atoms with Gasteiger partial charge in [-0.15, -0.1) is 0 Å². The molecular weight excluding hydrogens is 334 g/mol. The molecule has 0 aromatic carbocycles. The number of aryl methyl sites for hydroxylation is 2. The normalized spacial score (nSPS) is 10.5. The lowest BCUT2D eigenvalue weighted by Gasteiger charge is -2.09. The Morgan fingerprint density at radius 2 is 1.92 bits per heavy atom. The number of amides is 1. The van der Waals surface area contributed by atoms with Crippen LogP contribution in [0.3, 0.4) is 0 Å². The van der Waals surface area contributed by atoms with Crippen LogP contribution in [0, 0.1) is 6.92 Å². The van der Waals surface area contributed by atoms with Crippen LogP contribution < -0.4 is 16.4 Å². The van der Waals surface area contributed by atoms with Gasteiger partial charge >= 0.3 is 0 Å². The molecule has 0 radical (unpaired) electrons. The molecule has 132 valence electrons. The molecule has 3 aromatic rings. The highest BCUT2D eigenvalue weighted by Crippen LogP contribution is 2.13. The zero-order valence-corrected chi connectivity index (χ0v) is 14.3. The molecule has 3 aromatic heterocycles. The SMILES string of the molecule is Cc1nc(-c2ccncc2)[nH]c(=O)c1CC(=O)Nc1ccc(=O)n(C)c1. The van der Waals surface area contributed by atoms with E-state index in [0.717, 1.165) is 5.56 Å². The predicted octanol–water partition coefficient (Wildman–Crippen LogP) is 1.02. The molecule has 26 heavy (non-hydrogen) atoms. The third-order valence-corrected chi connectivity index (χ3v) is 3.88. The minimum absolute atomic E-state index is 0.117. The molecule has 2 N–H and O–H groups in total. The predicted molar refractivity (Wildman–Crippen MR) is 96.8 cm³/mol. The van der Waals surface area contributed by atoms with E-state index >= 15 is 0 Å². The number of carbonyl (C=O) groups is 1. The van der Waals surface area contributed by atoms with Gasteiger partial charge in [-0.05, 0) is 25.1 Å². The molecule has 0 aliphatic carbocycles. The molecule has 0 saturated heterocycles. The molecule has 0 unspecified atom stereocenters. The van der Waals surface area contributed by atoms with Crippen molar-refractivity contribution in [2.45, 2.75) is 13.3 Å². The van der Waals surface area contributed by atoms with Crippen LogP contribution in [-0.4, -0.2) is 25.4 Å². The van der Waals surface area contributed by atoms with Gasteiger partial charge in [0, 0.05) is 48.5 Å². The molecule has 0 spiro atoms. The maximum atomic E-state index is 12.4. The van der Waals surface area contributed by atoms with Gasteiger partial charge in [0.2, 0.25) is 11.5 Å². The summed E-state index contributed by atoms with van der Waals surface area (Å²) in [5.74, 6) is 0.0628. The number of carbonyl (C=O) groups excluding carboxylic acids is 1. The number of hydrogen-bond donors (Lipinski definition) is 2. The Morgan fingerprint density at radius 3 is 2.58 bits per heavy atom. The average molecular weight is 351 g/mol. The maximum Gasteiger partial charge on any atom is 0.255 e. The Hall–Kier alpha value is -3.55. The van der Waals surface area contributed by atoms with Gasteiger partial charge in [0.25, 0.3) is 5.56 Å². The van der Waals surface area contributed by atoms with Gasteiger partial charge in [-0.1, -0.05) is 0 Å². The Bertz CT molecular complexity index is 1070. The van der Waals surface area contributed by atoms with Crippen LogP contribution in [0.5, 0.6) is 0 Å². The molecule has 0 fully saturated rings. The molecule has 0 bridgehead atoms. The highest BCUT2D eigenvalue weighted by Gasteiger charge is 2.14. The molecule has 8 nitrogen and oxygen atoms in total. The number of hydrogen-bond acceptors (Lipinski definition) is 5. The van der Waals surface area contributed by atoms with E-state index in [-0.39, 0.29) is 23.4 Å². The first-order valence-corrected chi connectivity index (χ1v) is 7.91. The second kappa shape index (κ2) is 7.14. The van der Waals surface area contributed by atoms with Gasteiger partial charge in [0.1, 0.15) is 5.82 Å². The van der Waals surface area contributed by atoms with Crippen LogP contribution in [0.15, 0.2) is 52.4 Å². The number of aromatic amines is 1. The van der Waals surface area contributed by atoms with Crippen LogP contribution >= 0.6 is 0 Å². The smallest absolute Gasteiger partial charge is 0.255 e. The first-order chi connectivity index (χ1) is 12.4. The van der Waals surface area contributed by atoms with Crippen molar-refractivity contribution in [2.24, 2.45) is 7.05 Å². The molecule has 0 saturated carbocycles. The monoisotopic (exact) mass is 351 g/mol. The highest BCUT2D eigenvalue weighted by molar-refractivity contribution is 5.92. The van der Waals surface area contributed by atoms with E-state index in [2.05, 4.69) is 20.3 Å². The average Bonchev–Trinajstić information content (AvgIpc) is 2.62. The van der Waals surface area contributed by atoms with E-state index in [0.29, 0.717) is 22.8 Å². The molecule has 3 heterocycles. The van der Waals surface area contributed by atoms with E-state index in [1.165, 1.54) is 22.9 Å². The highest BCUT2D eigenvalue weighted by atomic mass is 16.2. The van der Waals surface area contributed by atoms with Gasteiger partial charge in [0.15, 0.2) is 0 Å². The first kappa shape index (κ1) is 17.3. The van der Waals surface area contributed by atoms with Crippen LogP contribution in [0.2, 0.25) is 0 Å². The fraction of sp³-hybridized carbons (Fsp3) is 0.167. The lowest BCUT2D eigenvalue weighted by Crippen LogP contribution is -2.24. The Balaban J connectivity index is 1.81. The van der Waals surface area contributed by atoms with E-state index < -0.39 is 0 Å². The number of nitrogens with zero attached hydrogens (tertiary/aromatic N) is 3. The Morgan fingerprint density at radius 1 is 1.19 bits per heavy atom. The van der Waals surface area contributed by atoms with E-state index in [1.807, 2.05) is 0 Å². The third kappa shape index (κ3) is 3.75. The summed E-state index contributed by atoms with van der Waals surface area (Å²) in [6.45, 7) is 1.69. The summed E-state index contributed by atoms with van der Waals surface area (Å²) in [7, 11) is 1.59. The lowest BCUT2D eigenvalue weighted by molar-refractivity contribution is -0.115. The first-order valence-electron chi connectivity index (χ1n) is 7.91. The molecule has 8 heteroatoms. The van der Waals surface area contributed by atoms with Gasteiger partial charge < -0.3 is 14.9 Å². The van der Waals surface area contributed by atoms with Gasteiger partial charge in [-0.2, -0.15) is 0 Å². The molecule has 3 rings (SSSR count). The second-order valence-electron chi connectivity index (χ2n) is 5.81. The molecule has 1 amide bonds. The fourth-order valence-electron chi connectivity index (χ4n) is 2.50. The standard InChI is InChI=1S/C18H17N5O3/c1-11-14(9-15(24)21-13-3-4-16(25)23(2)10-13)18(26)22-17(20-11)12-5-7-19-8-6-12/h3-8,10H,9H2,1-2H3,(H,21,24)(H,20,22,26). The number of aromatic nitrogens is 4. The van der Waals surface area contributed by atoms with Gasteiger partial charge in [-0.25, -0.2) is 4.98 Å². The van der Waals surface area contributed by atoms with Crippen LogP contribution in [0.25, 0.3) is 11.4 Å². The van der Waals surface area contributed by atoms with E-state index in [1.54, 1.807) is 38.5 Å².